The lowest BCUT2D eigenvalue weighted by Crippen LogP contribution is -2.35. The highest BCUT2D eigenvalue weighted by Gasteiger charge is 2.28. The minimum absolute atomic E-state index is 0.162. The smallest absolute Gasteiger partial charge is 0.264 e. The maximum absolute atomic E-state index is 13.0. The van der Waals surface area contributed by atoms with Crippen LogP contribution in [0.1, 0.15) is 12.0 Å². The first-order chi connectivity index (χ1) is 11.9. The lowest BCUT2D eigenvalue weighted by molar-refractivity contribution is -0.114. The molecule has 0 fully saturated rings. The number of hydrogen-bond donors (Lipinski definition) is 1. The predicted molar refractivity (Wildman–Crippen MR) is 99.9 cm³/mol. The summed E-state index contributed by atoms with van der Waals surface area (Å²) in [5.41, 5.74) is 2.17. The highest BCUT2D eigenvalue weighted by Crippen LogP contribution is 2.32. The average molecular weight is 399 g/mol. The van der Waals surface area contributed by atoms with Crippen LogP contribution in [0.3, 0.4) is 0 Å². The van der Waals surface area contributed by atoms with Crippen LogP contribution in [0.15, 0.2) is 53.4 Å². The summed E-state index contributed by atoms with van der Waals surface area (Å²) in [4.78, 5) is 10.5. The predicted octanol–water partition coefficient (Wildman–Crippen LogP) is 3.57. The molecule has 8 heteroatoms. The van der Waals surface area contributed by atoms with E-state index < -0.39 is 20.8 Å². The number of anilines is 2. The van der Waals surface area contributed by atoms with E-state index in [9.17, 15) is 13.2 Å². The summed E-state index contributed by atoms with van der Waals surface area (Å²) >= 11 is 11.0. The van der Waals surface area contributed by atoms with Gasteiger partial charge in [0.2, 0.25) is 0 Å². The molecule has 0 bridgehead atoms. The molecule has 0 radical (unpaired) electrons. The van der Waals surface area contributed by atoms with Crippen LogP contribution in [0.2, 0.25) is 0 Å². The van der Waals surface area contributed by atoms with Gasteiger partial charge in [-0.2, -0.15) is 0 Å². The molecule has 0 saturated carbocycles. The van der Waals surface area contributed by atoms with Gasteiger partial charge in [0, 0.05) is 12.2 Å². The van der Waals surface area contributed by atoms with Crippen LogP contribution in [0.25, 0.3) is 0 Å². The third-order valence-corrected chi connectivity index (χ3v) is 6.20. The molecular formula is C17H16Cl2N2O3S. The summed E-state index contributed by atoms with van der Waals surface area (Å²) < 4.78 is 27.4. The number of aryl methyl sites for hydroxylation is 1. The molecule has 1 heterocycles. The van der Waals surface area contributed by atoms with Gasteiger partial charge in [-0.3, -0.25) is 9.10 Å². The van der Waals surface area contributed by atoms with E-state index in [2.05, 4.69) is 5.32 Å². The van der Waals surface area contributed by atoms with Gasteiger partial charge in [0.15, 0.2) is 4.84 Å². The normalized spacial score (nSPS) is 14.3. The van der Waals surface area contributed by atoms with Gasteiger partial charge in [0.05, 0.1) is 10.6 Å². The molecule has 3 rings (SSSR count). The van der Waals surface area contributed by atoms with Gasteiger partial charge >= 0.3 is 0 Å². The van der Waals surface area contributed by atoms with E-state index >= 15 is 0 Å². The Kier molecular flexibility index (Phi) is 5.22. The number of fused-ring (bicyclic) bond motifs is 1. The average Bonchev–Trinajstić information content (AvgIpc) is 2.61. The molecule has 1 amide bonds. The number of nitrogens with zero attached hydrogens (tertiary/aromatic N) is 1. The third-order valence-electron chi connectivity index (χ3n) is 3.98. The van der Waals surface area contributed by atoms with Gasteiger partial charge in [-0.05, 0) is 48.7 Å². The van der Waals surface area contributed by atoms with Crippen molar-refractivity contribution < 1.29 is 13.2 Å². The van der Waals surface area contributed by atoms with Crippen LogP contribution in [-0.4, -0.2) is 25.7 Å². The van der Waals surface area contributed by atoms with Crippen LogP contribution in [0.5, 0.6) is 0 Å². The number of carbonyl (C=O) groups excluding carboxylic acids is 1. The Morgan fingerprint density at radius 3 is 2.44 bits per heavy atom. The van der Waals surface area contributed by atoms with Crippen molar-refractivity contribution in [2.45, 2.75) is 22.6 Å². The van der Waals surface area contributed by atoms with E-state index in [4.69, 9.17) is 23.2 Å². The summed E-state index contributed by atoms with van der Waals surface area (Å²) in [7, 11) is -3.67. The van der Waals surface area contributed by atoms with Crippen LogP contribution >= 0.6 is 23.2 Å². The zero-order valence-electron chi connectivity index (χ0n) is 13.2. The molecule has 1 aliphatic heterocycles. The van der Waals surface area contributed by atoms with Crippen molar-refractivity contribution in [3.05, 3.63) is 54.1 Å². The van der Waals surface area contributed by atoms with Crippen molar-refractivity contribution in [1.29, 1.82) is 0 Å². The van der Waals surface area contributed by atoms with Crippen molar-refractivity contribution in [3.63, 3.8) is 0 Å². The molecule has 25 heavy (non-hydrogen) atoms. The number of benzene rings is 2. The van der Waals surface area contributed by atoms with Gasteiger partial charge < -0.3 is 5.32 Å². The number of amides is 1. The number of nitrogens with one attached hydrogen (secondary N) is 1. The molecule has 0 saturated heterocycles. The van der Waals surface area contributed by atoms with Crippen LogP contribution in [0.4, 0.5) is 11.4 Å². The van der Waals surface area contributed by atoms with Gasteiger partial charge in [-0.15, -0.1) is 0 Å². The number of hydrogen-bond acceptors (Lipinski definition) is 3. The molecule has 0 aromatic heterocycles. The zero-order valence-corrected chi connectivity index (χ0v) is 15.5. The van der Waals surface area contributed by atoms with E-state index in [0.717, 1.165) is 24.1 Å². The number of sulfonamides is 1. The topological polar surface area (TPSA) is 66.5 Å². The van der Waals surface area contributed by atoms with Crippen LogP contribution in [0, 0.1) is 0 Å². The van der Waals surface area contributed by atoms with E-state index in [1.165, 1.54) is 28.6 Å². The van der Waals surface area contributed by atoms with Crippen LogP contribution < -0.4 is 9.62 Å². The maximum Gasteiger partial charge on any atom is 0.264 e. The molecule has 0 unspecified atom stereocenters. The Bertz CT molecular complexity index is 883. The molecule has 5 nitrogen and oxygen atoms in total. The summed E-state index contributed by atoms with van der Waals surface area (Å²) in [6, 6.07) is 13.5. The molecule has 2 aromatic carbocycles. The lowest BCUT2D eigenvalue weighted by atomic mass is 10.0. The highest BCUT2D eigenvalue weighted by atomic mass is 35.5. The first-order valence-corrected chi connectivity index (χ1v) is 10.0. The molecule has 1 N–H and O–H groups in total. The minimum Gasteiger partial charge on any atom is -0.324 e. The molecule has 2 aromatic rings. The van der Waals surface area contributed by atoms with Gasteiger partial charge in [0.1, 0.15) is 0 Å². The third kappa shape index (κ3) is 3.76. The van der Waals surface area contributed by atoms with E-state index in [-0.39, 0.29) is 4.90 Å². The number of rotatable bonds is 4. The molecule has 0 atom stereocenters. The molecular weight excluding hydrogens is 383 g/mol. The monoisotopic (exact) mass is 398 g/mol. The number of carbonyl (C=O) groups is 1. The fourth-order valence-corrected chi connectivity index (χ4v) is 4.43. The first-order valence-electron chi connectivity index (χ1n) is 7.69. The SMILES string of the molecule is O=C(Nc1ccc(S(=O)(=O)N2CCCc3ccccc32)cc1)C(Cl)Cl. The fraction of sp³-hybridized carbons (Fsp3) is 0.235. The molecule has 1 aliphatic rings. The second-order valence-electron chi connectivity index (χ2n) is 5.62. The standard InChI is InChI=1S/C17H16Cl2N2O3S/c18-16(19)17(22)20-13-7-9-14(10-8-13)25(23,24)21-11-3-5-12-4-1-2-6-15(12)21/h1-2,4,6-10,16H,3,5,11H2,(H,20,22). The van der Waals surface area contributed by atoms with Gasteiger partial charge in [-0.1, -0.05) is 41.4 Å². The molecule has 0 aliphatic carbocycles. The van der Waals surface area contributed by atoms with Crippen molar-refractivity contribution in [2.75, 3.05) is 16.2 Å². The Morgan fingerprint density at radius 2 is 1.76 bits per heavy atom. The van der Waals surface area contributed by atoms with Crippen molar-refractivity contribution in [2.24, 2.45) is 0 Å². The Labute approximate surface area is 156 Å². The second-order valence-corrected chi connectivity index (χ2v) is 8.58. The van der Waals surface area contributed by atoms with Gasteiger partial charge in [0.25, 0.3) is 15.9 Å². The Morgan fingerprint density at radius 1 is 1.08 bits per heavy atom. The second kappa shape index (κ2) is 7.23. The fourth-order valence-electron chi connectivity index (χ4n) is 2.78. The van der Waals surface area contributed by atoms with Crippen LogP contribution in [-0.2, 0) is 21.2 Å². The van der Waals surface area contributed by atoms with Crippen molar-refractivity contribution >= 4 is 50.5 Å². The largest absolute Gasteiger partial charge is 0.324 e. The first kappa shape index (κ1) is 18.0. The van der Waals surface area contributed by atoms with Gasteiger partial charge in [-0.25, -0.2) is 8.42 Å². The lowest BCUT2D eigenvalue weighted by Gasteiger charge is -2.30. The van der Waals surface area contributed by atoms with E-state index in [1.807, 2.05) is 24.3 Å². The quantitative estimate of drug-likeness (QED) is 0.800. The summed E-state index contributed by atoms with van der Waals surface area (Å²) in [6.07, 6.45) is 1.64. The maximum atomic E-state index is 13.0. The summed E-state index contributed by atoms with van der Waals surface area (Å²) in [5, 5.41) is 2.50. The van der Waals surface area contributed by atoms with E-state index in [1.54, 1.807) is 0 Å². The van der Waals surface area contributed by atoms with E-state index in [0.29, 0.717) is 12.2 Å². The zero-order chi connectivity index (χ0) is 18.0. The summed E-state index contributed by atoms with van der Waals surface area (Å²) in [6.45, 7) is 0.442. The number of halogens is 2. The number of para-hydroxylation sites is 1. The van der Waals surface area contributed by atoms with Crippen molar-refractivity contribution in [3.8, 4) is 0 Å². The Hall–Kier alpha value is -1.76. The van der Waals surface area contributed by atoms with Crippen molar-refractivity contribution in [1.82, 2.24) is 0 Å². The molecule has 132 valence electrons. The number of alkyl halides is 2. The molecule has 0 spiro atoms. The Balaban J connectivity index is 1.88. The minimum atomic E-state index is -3.67. The summed E-state index contributed by atoms with van der Waals surface area (Å²) in [5.74, 6) is -0.566. The highest BCUT2D eigenvalue weighted by molar-refractivity contribution is 7.92.